The number of aromatic nitrogens is 2. The fourth-order valence-corrected chi connectivity index (χ4v) is 3.34. The van der Waals surface area contributed by atoms with Crippen LogP contribution in [0, 0.1) is 0 Å². The second-order valence-electron chi connectivity index (χ2n) is 5.38. The Balaban J connectivity index is 1.59. The number of nitrogens with one attached hydrogen (secondary N) is 1. The Morgan fingerprint density at radius 3 is 2.69 bits per heavy atom. The molecule has 0 radical (unpaired) electrons. The number of nitrogens with zero attached hydrogens (tertiary/aromatic N) is 2. The van der Waals surface area contributed by atoms with Gasteiger partial charge in [0.2, 0.25) is 10.0 Å². The molecule has 1 aromatic carbocycles. The van der Waals surface area contributed by atoms with Crippen molar-refractivity contribution in [3.05, 3.63) is 60.6 Å². The molecule has 0 amide bonds. The molecule has 0 atom stereocenters. The monoisotopic (exact) mass is 375 g/mol. The maximum atomic E-state index is 12.3. The van der Waals surface area contributed by atoms with E-state index in [1.54, 1.807) is 29.4 Å². The molecule has 136 valence electrons. The largest absolute Gasteiger partial charge is 0.465 e. The molecule has 0 saturated carbocycles. The van der Waals surface area contributed by atoms with E-state index in [-0.39, 0.29) is 17.0 Å². The van der Waals surface area contributed by atoms with Gasteiger partial charge in [0.15, 0.2) is 0 Å². The van der Waals surface area contributed by atoms with Crippen molar-refractivity contribution in [1.29, 1.82) is 0 Å². The van der Waals surface area contributed by atoms with Crippen molar-refractivity contribution in [1.82, 2.24) is 14.5 Å². The standard InChI is InChI=1S/C17H17N3O5S/c1-24-17(21)13-4-6-15(7-5-13)26(22,23)19-8-9-20-12-14(11-18-20)16-3-2-10-25-16/h2-7,10-12,19H,8-9H2,1H3. The lowest BCUT2D eigenvalue weighted by Gasteiger charge is -2.07. The lowest BCUT2D eigenvalue weighted by Crippen LogP contribution is -2.27. The minimum atomic E-state index is -3.68. The van der Waals surface area contributed by atoms with Gasteiger partial charge in [-0.05, 0) is 36.4 Å². The Labute approximate surface area is 150 Å². The molecule has 8 nitrogen and oxygen atoms in total. The molecular weight excluding hydrogens is 358 g/mol. The maximum Gasteiger partial charge on any atom is 0.337 e. The van der Waals surface area contributed by atoms with Crippen LogP contribution in [0.5, 0.6) is 0 Å². The van der Waals surface area contributed by atoms with E-state index in [9.17, 15) is 13.2 Å². The average molecular weight is 375 g/mol. The van der Waals surface area contributed by atoms with E-state index < -0.39 is 16.0 Å². The Hall–Kier alpha value is -2.91. The third-order valence-electron chi connectivity index (χ3n) is 3.66. The number of rotatable bonds is 7. The van der Waals surface area contributed by atoms with Crippen molar-refractivity contribution in [3.63, 3.8) is 0 Å². The van der Waals surface area contributed by atoms with Crippen molar-refractivity contribution in [2.45, 2.75) is 11.4 Å². The smallest absolute Gasteiger partial charge is 0.337 e. The molecule has 2 heterocycles. The van der Waals surface area contributed by atoms with Gasteiger partial charge in [-0.25, -0.2) is 17.9 Å². The Morgan fingerprint density at radius 1 is 1.27 bits per heavy atom. The molecule has 0 unspecified atom stereocenters. The fourth-order valence-electron chi connectivity index (χ4n) is 2.32. The SMILES string of the molecule is COC(=O)c1ccc(S(=O)(=O)NCCn2cc(-c3ccco3)cn2)cc1. The molecule has 1 N–H and O–H groups in total. The predicted octanol–water partition coefficient (Wildman–Crippen LogP) is 1.91. The molecule has 0 aliphatic carbocycles. The molecular formula is C17H17N3O5S. The number of methoxy groups -OCH3 is 1. The van der Waals surface area contributed by atoms with Crippen LogP contribution < -0.4 is 4.72 Å². The van der Waals surface area contributed by atoms with Gasteiger partial charge in [-0.2, -0.15) is 5.10 Å². The van der Waals surface area contributed by atoms with Gasteiger partial charge < -0.3 is 9.15 Å². The number of hydrogen-bond acceptors (Lipinski definition) is 6. The fraction of sp³-hybridized carbons (Fsp3) is 0.176. The summed E-state index contributed by atoms with van der Waals surface area (Å²) in [6.45, 7) is 0.528. The molecule has 0 spiro atoms. The summed E-state index contributed by atoms with van der Waals surface area (Å²) in [5.74, 6) is 0.176. The Bertz CT molecular complexity index is 976. The molecule has 0 saturated heterocycles. The van der Waals surface area contributed by atoms with Gasteiger partial charge in [-0.3, -0.25) is 4.68 Å². The first-order valence-corrected chi connectivity index (χ1v) is 9.22. The Kier molecular flexibility index (Phi) is 5.19. The lowest BCUT2D eigenvalue weighted by atomic mass is 10.2. The van der Waals surface area contributed by atoms with Crippen LogP contribution in [0.3, 0.4) is 0 Å². The minimum Gasteiger partial charge on any atom is -0.465 e. The third kappa shape index (κ3) is 4.01. The molecule has 0 aliphatic heterocycles. The number of esters is 1. The van der Waals surface area contributed by atoms with Crippen LogP contribution in [0.2, 0.25) is 0 Å². The molecule has 26 heavy (non-hydrogen) atoms. The summed E-state index contributed by atoms with van der Waals surface area (Å²) in [7, 11) is -2.41. The van der Waals surface area contributed by atoms with E-state index in [4.69, 9.17) is 4.42 Å². The number of ether oxygens (including phenoxy) is 1. The predicted molar refractivity (Wildman–Crippen MR) is 92.9 cm³/mol. The highest BCUT2D eigenvalue weighted by atomic mass is 32.2. The van der Waals surface area contributed by atoms with Crippen LogP contribution in [0.1, 0.15) is 10.4 Å². The van der Waals surface area contributed by atoms with Crippen molar-refractivity contribution < 1.29 is 22.4 Å². The second kappa shape index (κ2) is 7.54. The molecule has 3 aromatic rings. The topological polar surface area (TPSA) is 103 Å². The van der Waals surface area contributed by atoms with Crippen molar-refractivity contribution in [3.8, 4) is 11.3 Å². The molecule has 9 heteroatoms. The van der Waals surface area contributed by atoms with Gasteiger partial charge in [-0.15, -0.1) is 0 Å². The average Bonchev–Trinajstić information content (AvgIpc) is 3.32. The summed E-state index contributed by atoms with van der Waals surface area (Å²) in [6.07, 6.45) is 5.00. The van der Waals surface area contributed by atoms with E-state index in [0.717, 1.165) is 5.56 Å². The number of hydrogen-bond donors (Lipinski definition) is 1. The van der Waals surface area contributed by atoms with E-state index in [2.05, 4.69) is 14.6 Å². The van der Waals surface area contributed by atoms with Crippen LogP contribution in [0.4, 0.5) is 0 Å². The van der Waals surface area contributed by atoms with Gasteiger partial charge in [0, 0.05) is 12.7 Å². The summed E-state index contributed by atoms with van der Waals surface area (Å²) in [6, 6.07) is 9.14. The highest BCUT2D eigenvalue weighted by Gasteiger charge is 2.15. The maximum absolute atomic E-state index is 12.3. The first-order chi connectivity index (χ1) is 12.5. The zero-order chi connectivity index (χ0) is 18.6. The summed E-state index contributed by atoms with van der Waals surface area (Å²) < 4.78 is 38.6. The lowest BCUT2D eigenvalue weighted by molar-refractivity contribution is 0.0600. The highest BCUT2D eigenvalue weighted by Crippen LogP contribution is 2.18. The first-order valence-electron chi connectivity index (χ1n) is 7.74. The van der Waals surface area contributed by atoms with Crippen molar-refractivity contribution >= 4 is 16.0 Å². The van der Waals surface area contributed by atoms with Gasteiger partial charge in [-0.1, -0.05) is 0 Å². The molecule has 3 rings (SSSR count). The summed E-state index contributed by atoms with van der Waals surface area (Å²) >= 11 is 0. The quantitative estimate of drug-likeness (QED) is 0.633. The number of benzene rings is 1. The van der Waals surface area contributed by atoms with E-state index in [1.807, 2.05) is 6.07 Å². The van der Waals surface area contributed by atoms with Gasteiger partial charge in [0.1, 0.15) is 5.76 Å². The number of carbonyl (C=O) groups excluding carboxylic acids is 1. The summed E-state index contributed by atoms with van der Waals surface area (Å²) in [5.41, 5.74) is 1.10. The second-order valence-corrected chi connectivity index (χ2v) is 7.15. The Morgan fingerprint density at radius 2 is 2.04 bits per heavy atom. The number of carbonyl (C=O) groups is 1. The van der Waals surface area contributed by atoms with Crippen molar-refractivity contribution in [2.75, 3.05) is 13.7 Å². The van der Waals surface area contributed by atoms with Crippen LogP contribution >= 0.6 is 0 Å². The van der Waals surface area contributed by atoms with Crippen LogP contribution in [0.15, 0.2) is 64.4 Å². The van der Waals surface area contributed by atoms with Crippen LogP contribution in [-0.2, 0) is 21.3 Å². The van der Waals surface area contributed by atoms with Crippen molar-refractivity contribution in [2.24, 2.45) is 0 Å². The van der Waals surface area contributed by atoms with Crippen LogP contribution in [0.25, 0.3) is 11.3 Å². The zero-order valence-corrected chi connectivity index (χ0v) is 14.8. The molecule has 0 aliphatic rings. The van der Waals surface area contributed by atoms with E-state index in [1.165, 1.54) is 31.4 Å². The van der Waals surface area contributed by atoms with Gasteiger partial charge >= 0.3 is 5.97 Å². The van der Waals surface area contributed by atoms with Gasteiger partial charge in [0.25, 0.3) is 0 Å². The summed E-state index contributed by atoms with van der Waals surface area (Å²) in [4.78, 5) is 11.5. The number of furan rings is 1. The molecule has 0 fully saturated rings. The third-order valence-corrected chi connectivity index (χ3v) is 5.13. The van der Waals surface area contributed by atoms with Gasteiger partial charge in [0.05, 0.1) is 42.1 Å². The van der Waals surface area contributed by atoms with Crippen LogP contribution in [-0.4, -0.2) is 37.8 Å². The molecule has 0 bridgehead atoms. The number of sulfonamides is 1. The minimum absolute atomic E-state index is 0.0712. The van der Waals surface area contributed by atoms with E-state index >= 15 is 0 Å². The normalized spacial score (nSPS) is 11.4. The highest BCUT2D eigenvalue weighted by molar-refractivity contribution is 7.89. The summed E-state index contributed by atoms with van der Waals surface area (Å²) in [5, 5.41) is 4.18. The van der Waals surface area contributed by atoms with E-state index in [0.29, 0.717) is 12.3 Å². The molecule has 2 aromatic heterocycles. The zero-order valence-electron chi connectivity index (χ0n) is 14.0. The first kappa shape index (κ1) is 17.9.